The Morgan fingerprint density at radius 3 is 2.80 bits per heavy atom. The summed E-state index contributed by atoms with van der Waals surface area (Å²) in [5.41, 5.74) is 3.37. The van der Waals surface area contributed by atoms with Crippen LogP contribution in [-0.2, 0) is 14.3 Å². The number of nitrogens with one attached hydrogen (secondary N) is 1. The lowest BCUT2D eigenvalue weighted by molar-refractivity contribution is -0.159. The van der Waals surface area contributed by atoms with Crippen molar-refractivity contribution in [2.24, 2.45) is 5.10 Å². The first-order chi connectivity index (χ1) is 12.1. The fraction of sp³-hybridized carbons (Fsp3) is 0.368. The topological polar surface area (TPSA) is 69.2 Å². The third kappa shape index (κ3) is 4.15. The maximum atomic E-state index is 12.1. The van der Waals surface area contributed by atoms with Crippen molar-refractivity contribution in [2.75, 3.05) is 19.8 Å². The SMILES string of the molecule is CCOc1ccc2ccccc2c1C=NNC(=O)CC1(C)OCCO1. The number of amides is 1. The van der Waals surface area contributed by atoms with E-state index in [4.69, 9.17) is 14.2 Å². The number of fused-ring (bicyclic) bond motifs is 1. The lowest BCUT2D eigenvalue weighted by Crippen LogP contribution is -2.33. The highest BCUT2D eigenvalue weighted by Crippen LogP contribution is 2.27. The summed E-state index contributed by atoms with van der Waals surface area (Å²) in [7, 11) is 0. The fourth-order valence-electron chi connectivity index (χ4n) is 2.85. The minimum absolute atomic E-state index is 0.0954. The Labute approximate surface area is 146 Å². The molecule has 3 rings (SSSR count). The largest absolute Gasteiger partial charge is 0.493 e. The highest BCUT2D eigenvalue weighted by Gasteiger charge is 2.33. The number of carbonyl (C=O) groups is 1. The Morgan fingerprint density at radius 1 is 1.28 bits per heavy atom. The molecule has 1 aliphatic rings. The molecule has 0 radical (unpaired) electrons. The molecule has 1 fully saturated rings. The van der Waals surface area contributed by atoms with Crippen LogP contribution in [0.1, 0.15) is 25.8 Å². The molecule has 0 unspecified atom stereocenters. The summed E-state index contributed by atoms with van der Waals surface area (Å²) in [6.07, 6.45) is 1.71. The van der Waals surface area contributed by atoms with Gasteiger partial charge in [0.25, 0.3) is 0 Å². The maximum Gasteiger partial charge on any atom is 0.245 e. The summed E-state index contributed by atoms with van der Waals surface area (Å²) >= 11 is 0. The Kier molecular flexibility index (Phi) is 5.31. The second kappa shape index (κ2) is 7.63. The third-order valence-corrected chi connectivity index (χ3v) is 3.99. The van der Waals surface area contributed by atoms with Gasteiger partial charge in [-0.15, -0.1) is 0 Å². The maximum absolute atomic E-state index is 12.1. The van der Waals surface area contributed by atoms with E-state index in [1.54, 1.807) is 13.1 Å². The van der Waals surface area contributed by atoms with Gasteiger partial charge in [-0.3, -0.25) is 4.79 Å². The van der Waals surface area contributed by atoms with Crippen LogP contribution >= 0.6 is 0 Å². The number of rotatable bonds is 6. The molecule has 6 heteroatoms. The number of benzene rings is 2. The molecule has 1 amide bonds. The van der Waals surface area contributed by atoms with Gasteiger partial charge in [0.15, 0.2) is 5.79 Å². The van der Waals surface area contributed by atoms with Crippen LogP contribution < -0.4 is 10.2 Å². The smallest absolute Gasteiger partial charge is 0.245 e. The average Bonchev–Trinajstić information content (AvgIpc) is 3.02. The quantitative estimate of drug-likeness (QED) is 0.647. The first-order valence-corrected chi connectivity index (χ1v) is 8.36. The summed E-state index contributed by atoms with van der Waals surface area (Å²) in [6, 6.07) is 11.9. The van der Waals surface area contributed by atoms with Crippen molar-refractivity contribution in [1.29, 1.82) is 0 Å². The Hall–Kier alpha value is -2.44. The van der Waals surface area contributed by atoms with E-state index in [1.807, 2.05) is 43.3 Å². The molecule has 2 aromatic carbocycles. The van der Waals surface area contributed by atoms with Crippen LogP contribution in [0, 0.1) is 0 Å². The summed E-state index contributed by atoms with van der Waals surface area (Å²) in [5, 5.41) is 6.19. The van der Waals surface area contributed by atoms with E-state index in [0.29, 0.717) is 19.8 Å². The highest BCUT2D eigenvalue weighted by atomic mass is 16.7. The van der Waals surface area contributed by atoms with Crippen molar-refractivity contribution in [3.63, 3.8) is 0 Å². The molecule has 0 aromatic heterocycles. The number of carbonyl (C=O) groups excluding carboxylic acids is 1. The molecule has 6 nitrogen and oxygen atoms in total. The lowest BCUT2D eigenvalue weighted by Gasteiger charge is -2.20. The van der Waals surface area contributed by atoms with Crippen LogP contribution in [0.5, 0.6) is 5.75 Å². The Morgan fingerprint density at radius 2 is 2.04 bits per heavy atom. The van der Waals surface area contributed by atoms with Crippen LogP contribution in [0.2, 0.25) is 0 Å². The second-order valence-corrected chi connectivity index (χ2v) is 5.93. The number of nitrogens with zero attached hydrogens (tertiary/aromatic N) is 1. The van der Waals surface area contributed by atoms with Gasteiger partial charge in [-0.25, -0.2) is 5.43 Å². The number of hydrazone groups is 1. The van der Waals surface area contributed by atoms with Crippen molar-refractivity contribution < 1.29 is 19.0 Å². The van der Waals surface area contributed by atoms with Gasteiger partial charge in [-0.1, -0.05) is 30.3 Å². The molecule has 1 N–H and O–H groups in total. The van der Waals surface area contributed by atoms with Gasteiger partial charge in [-0.05, 0) is 30.7 Å². The van der Waals surface area contributed by atoms with Gasteiger partial charge in [0.2, 0.25) is 5.91 Å². The van der Waals surface area contributed by atoms with E-state index in [9.17, 15) is 4.79 Å². The molecule has 25 heavy (non-hydrogen) atoms. The van der Waals surface area contributed by atoms with Gasteiger partial charge < -0.3 is 14.2 Å². The van der Waals surface area contributed by atoms with Crippen LogP contribution in [0.4, 0.5) is 0 Å². The molecular formula is C19H22N2O4. The van der Waals surface area contributed by atoms with Crippen molar-refractivity contribution in [3.05, 3.63) is 42.0 Å². The summed E-state index contributed by atoms with van der Waals surface area (Å²) in [6.45, 7) is 5.24. The van der Waals surface area contributed by atoms with Gasteiger partial charge in [0, 0.05) is 5.56 Å². The van der Waals surface area contributed by atoms with E-state index in [1.165, 1.54) is 0 Å². The van der Waals surface area contributed by atoms with Gasteiger partial charge in [0.1, 0.15) is 5.75 Å². The minimum atomic E-state index is -0.866. The molecule has 0 aliphatic carbocycles. The predicted molar refractivity (Wildman–Crippen MR) is 95.8 cm³/mol. The monoisotopic (exact) mass is 342 g/mol. The van der Waals surface area contributed by atoms with E-state index >= 15 is 0 Å². The minimum Gasteiger partial charge on any atom is -0.493 e. The van der Waals surface area contributed by atoms with E-state index in [2.05, 4.69) is 10.5 Å². The van der Waals surface area contributed by atoms with Gasteiger partial charge in [0.05, 0.1) is 32.5 Å². The number of hydrogen-bond donors (Lipinski definition) is 1. The molecule has 0 saturated carbocycles. The van der Waals surface area contributed by atoms with Gasteiger partial charge >= 0.3 is 0 Å². The Bertz CT molecular complexity index is 782. The molecule has 1 saturated heterocycles. The predicted octanol–water partition coefficient (Wildman–Crippen LogP) is 2.84. The first kappa shape index (κ1) is 17.4. The lowest BCUT2D eigenvalue weighted by atomic mass is 10.0. The summed E-state index contributed by atoms with van der Waals surface area (Å²) in [4.78, 5) is 12.1. The molecular weight excluding hydrogens is 320 g/mol. The molecule has 0 atom stereocenters. The zero-order valence-corrected chi connectivity index (χ0v) is 14.5. The normalized spacial score (nSPS) is 16.4. The first-order valence-electron chi connectivity index (χ1n) is 8.36. The fourth-order valence-corrected chi connectivity index (χ4v) is 2.85. The second-order valence-electron chi connectivity index (χ2n) is 5.93. The number of ether oxygens (including phenoxy) is 3. The molecule has 1 heterocycles. The zero-order valence-electron chi connectivity index (χ0n) is 14.5. The molecule has 132 valence electrons. The van der Waals surface area contributed by atoms with Crippen LogP contribution in [0.3, 0.4) is 0 Å². The van der Waals surface area contributed by atoms with Crippen LogP contribution in [-0.4, -0.2) is 37.7 Å². The standard InChI is InChI=1S/C19H22N2O4/c1-3-23-17-9-8-14-6-4-5-7-15(14)16(17)13-20-21-18(22)12-19(2)24-10-11-25-19/h4-9,13H,3,10-12H2,1-2H3,(H,21,22). The zero-order chi connectivity index (χ0) is 17.7. The molecule has 1 aliphatic heterocycles. The van der Waals surface area contributed by atoms with Crippen molar-refractivity contribution in [1.82, 2.24) is 5.43 Å². The van der Waals surface area contributed by atoms with Crippen molar-refractivity contribution in [2.45, 2.75) is 26.1 Å². The van der Waals surface area contributed by atoms with Crippen LogP contribution in [0.25, 0.3) is 10.8 Å². The Balaban J connectivity index is 1.75. The van der Waals surface area contributed by atoms with Crippen molar-refractivity contribution >= 4 is 22.9 Å². The van der Waals surface area contributed by atoms with E-state index < -0.39 is 5.79 Å². The van der Waals surface area contributed by atoms with E-state index in [0.717, 1.165) is 22.1 Å². The molecule has 0 bridgehead atoms. The third-order valence-electron chi connectivity index (χ3n) is 3.99. The molecule has 2 aromatic rings. The van der Waals surface area contributed by atoms with Crippen LogP contribution in [0.15, 0.2) is 41.5 Å². The summed E-state index contributed by atoms with van der Waals surface area (Å²) < 4.78 is 16.5. The number of hydrogen-bond acceptors (Lipinski definition) is 5. The van der Waals surface area contributed by atoms with Crippen molar-refractivity contribution in [3.8, 4) is 5.75 Å². The van der Waals surface area contributed by atoms with E-state index in [-0.39, 0.29) is 12.3 Å². The molecule has 0 spiro atoms. The van der Waals surface area contributed by atoms with Gasteiger partial charge in [-0.2, -0.15) is 5.10 Å². The highest BCUT2D eigenvalue weighted by molar-refractivity contribution is 6.02. The average molecular weight is 342 g/mol. The summed E-state index contributed by atoms with van der Waals surface area (Å²) in [5.74, 6) is -0.400.